The molecule has 3 aromatic carbocycles. The molecule has 1 aliphatic heterocycles. The van der Waals surface area contributed by atoms with Crippen LogP contribution >= 0.6 is 31.9 Å². The van der Waals surface area contributed by atoms with Crippen LogP contribution < -0.4 is 4.90 Å². The van der Waals surface area contributed by atoms with E-state index >= 15 is 0 Å². The number of para-hydroxylation sites is 1. The number of carbonyl (C=O) groups is 4. The minimum Gasteiger partial charge on any atom is -0.454 e. The summed E-state index contributed by atoms with van der Waals surface area (Å²) in [5.74, 6) is -1.92. The van der Waals surface area contributed by atoms with Crippen molar-refractivity contribution in [2.75, 3.05) is 11.5 Å². The quantitative estimate of drug-likeness (QED) is 0.0971. The molecule has 4 unspecified atom stereocenters. The number of fused-ring (bicyclic) bond motifs is 2. The Labute approximate surface area is 259 Å². The summed E-state index contributed by atoms with van der Waals surface area (Å²) in [5, 5.41) is 0.608. The van der Waals surface area contributed by atoms with Crippen LogP contribution in [0.25, 0.3) is 22.2 Å². The zero-order valence-corrected chi connectivity index (χ0v) is 25.8. The maximum Gasteiger partial charge on any atom is 0.339 e. The molecule has 0 N–H and O–H groups in total. The predicted molar refractivity (Wildman–Crippen MR) is 167 cm³/mol. The number of carbonyl (C=O) groups excluding carboxylic acids is 4. The second kappa shape index (κ2) is 11.5. The van der Waals surface area contributed by atoms with E-state index in [0.717, 1.165) is 5.56 Å². The molecule has 2 fully saturated rings. The van der Waals surface area contributed by atoms with E-state index in [1.807, 2.05) is 31.2 Å². The monoisotopic (exact) mass is 688 g/mol. The Morgan fingerprint density at radius 2 is 1.50 bits per heavy atom. The number of hydrogen-bond acceptors (Lipinski definition) is 6. The average molecular weight is 690 g/mol. The molecule has 212 valence electrons. The molecule has 6 rings (SSSR count). The first-order valence-electron chi connectivity index (χ1n) is 13.6. The van der Waals surface area contributed by atoms with Crippen LogP contribution in [0.15, 0.2) is 78.9 Å². The number of amides is 2. The van der Waals surface area contributed by atoms with E-state index in [4.69, 9.17) is 9.72 Å². The molecule has 4 atom stereocenters. The Kier molecular flexibility index (Phi) is 7.81. The molecule has 2 aliphatic rings. The molecule has 1 aromatic heterocycles. The van der Waals surface area contributed by atoms with Gasteiger partial charge in [-0.15, -0.1) is 0 Å². The van der Waals surface area contributed by atoms with Crippen LogP contribution in [0, 0.1) is 18.8 Å². The molecule has 1 saturated carbocycles. The van der Waals surface area contributed by atoms with Crippen molar-refractivity contribution < 1.29 is 23.9 Å². The SMILES string of the molecule is Cc1ccc(C(=O)COC(=O)c2cc(-c3ccc(N4C(=O)C5CC(Br)C(Br)CC5C4=O)cc3)nc3ccccc23)cc1. The van der Waals surface area contributed by atoms with Gasteiger partial charge in [0.05, 0.1) is 34.3 Å². The molecule has 1 aliphatic carbocycles. The summed E-state index contributed by atoms with van der Waals surface area (Å²) in [6, 6.07) is 23.0. The van der Waals surface area contributed by atoms with Gasteiger partial charge in [0, 0.05) is 26.2 Å². The molecule has 2 heterocycles. The minimum atomic E-state index is -0.627. The number of ketones is 1. The topological polar surface area (TPSA) is 93.6 Å². The van der Waals surface area contributed by atoms with Gasteiger partial charge in [-0.05, 0) is 44.0 Å². The van der Waals surface area contributed by atoms with Gasteiger partial charge in [0.15, 0.2) is 12.4 Å². The number of alkyl halides is 2. The molecule has 4 aromatic rings. The molecule has 42 heavy (non-hydrogen) atoms. The largest absolute Gasteiger partial charge is 0.454 e. The summed E-state index contributed by atoms with van der Waals surface area (Å²) in [6.45, 7) is 1.55. The third-order valence-electron chi connectivity index (χ3n) is 7.98. The number of aromatic nitrogens is 1. The lowest BCUT2D eigenvalue weighted by Crippen LogP contribution is -2.34. The normalized spacial score (nSPS) is 21.8. The van der Waals surface area contributed by atoms with Crippen molar-refractivity contribution in [3.63, 3.8) is 0 Å². The highest BCUT2D eigenvalue weighted by molar-refractivity contribution is 9.12. The predicted octanol–water partition coefficient (Wildman–Crippen LogP) is 6.68. The smallest absolute Gasteiger partial charge is 0.339 e. The Morgan fingerprint density at radius 1 is 0.881 bits per heavy atom. The lowest BCUT2D eigenvalue weighted by molar-refractivity contribution is -0.122. The van der Waals surface area contributed by atoms with E-state index < -0.39 is 5.97 Å². The first-order chi connectivity index (χ1) is 20.2. The second-order valence-corrected chi connectivity index (χ2v) is 13.1. The number of esters is 1. The van der Waals surface area contributed by atoms with Gasteiger partial charge in [0.1, 0.15) is 0 Å². The third-order valence-corrected chi connectivity index (χ3v) is 10.7. The van der Waals surface area contributed by atoms with Crippen LogP contribution in [-0.2, 0) is 14.3 Å². The summed E-state index contributed by atoms with van der Waals surface area (Å²) >= 11 is 7.25. The van der Waals surface area contributed by atoms with Crippen molar-refractivity contribution >= 4 is 72.0 Å². The van der Waals surface area contributed by atoms with Crippen LogP contribution in [0.5, 0.6) is 0 Å². The van der Waals surface area contributed by atoms with E-state index in [9.17, 15) is 19.2 Å². The standard InChI is InChI=1S/C33H26Br2N2O5/c1-18-6-8-20(9-7-18)30(38)17-42-33(41)25-16-29(36-28-5-3-2-4-22(25)28)19-10-12-21(13-11-19)37-31(39)23-14-26(34)27(35)15-24(23)32(37)40/h2-13,16,23-24,26-27H,14-15,17H2,1H3. The van der Waals surface area contributed by atoms with E-state index in [-0.39, 0.29) is 45.7 Å². The fourth-order valence-electron chi connectivity index (χ4n) is 5.65. The number of ether oxygens (including phenoxy) is 1. The highest BCUT2D eigenvalue weighted by Gasteiger charge is 2.52. The highest BCUT2D eigenvalue weighted by Crippen LogP contribution is 2.44. The third kappa shape index (κ3) is 5.31. The van der Waals surface area contributed by atoms with Gasteiger partial charge >= 0.3 is 5.97 Å². The van der Waals surface area contributed by atoms with Gasteiger partial charge in [0.25, 0.3) is 0 Å². The van der Waals surface area contributed by atoms with Crippen molar-refractivity contribution in [2.24, 2.45) is 11.8 Å². The van der Waals surface area contributed by atoms with E-state index in [2.05, 4.69) is 31.9 Å². The fourth-order valence-corrected chi connectivity index (χ4v) is 6.89. The number of imide groups is 1. The summed E-state index contributed by atoms with van der Waals surface area (Å²) in [5.41, 5.74) is 4.13. The van der Waals surface area contributed by atoms with Gasteiger partial charge in [0.2, 0.25) is 11.8 Å². The first kappa shape index (κ1) is 28.4. The fraction of sp³-hybridized carbons (Fsp3) is 0.242. The van der Waals surface area contributed by atoms with Crippen molar-refractivity contribution in [1.29, 1.82) is 0 Å². The maximum atomic E-state index is 13.2. The zero-order chi connectivity index (χ0) is 29.5. The molecular weight excluding hydrogens is 664 g/mol. The van der Waals surface area contributed by atoms with Crippen LogP contribution in [0.1, 0.15) is 39.1 Å². The van der Waals surface area contributed by atoms with Crippen molar-refractivity contribution in [3.8, 4) is 11.3 Å². The number of nitrogens with zero attached hydrogens (tertiary/aromatic N) is 2. The number of halogens is 2. The lowest BCUT2D eigenvalue weighted by atomic mass is 9.81. The highest BCUT2D eigenvalue weighted by atomic mass is 79.9. The Bertz CT molecular complexity index is 1690. The lowest BCUT2D eigenvalue weighted by Gasteiger charge is -2.29. The van der Waals surface area contributed by atoms with Crippen molar-refractivity contribution in [2.45, 2.75) is 29.4 Å². The Balaban J connectivity index is 1.25. The number of hydrogen-bond donors (Lipinski definition) is 0. The van der Waals surface area contributed by atoms with E-state index in [1.165, 1.54) is 4.90 Å². The zero-order valence-electron chi connectivity index (χ0n) is 22.6. The van der Waals surface area contributed by atoms with E-state index in [0.29, 0.717) is 51.8 Å². The van der Waals surface area contributed by atoms with Gasteiger partial charge in [-0.2, -0.15) is 0 Å². The number of Topliss-reactive ketones (excluding diaryl/α,β-unsaturated/α-hetero) is 1. The molecule has 0 radical (unpaired) electrons. The van der Waals surface area contributed by atoms with Crippen molar-refractivity contribution in [1.82, 2.24) is 4.98 Å². The summed E-state index contributed by atoms with van der Waals surface area (Å²) < 4.78 is 5.44. The molecule has 0 spiro atoms. The van der Waals surface area contributed by atoms with Gasteiger partial charge < -0.3 is 4.74 Å². The Morgan fingerprint density at radius 3 is 2.14 bits per heavy atom. The second-order valence-electron chi connectivity index (χ2n) is 10.7. The van der Waals surface area contributed by atoms with Crippen LogP contribution in [-0.4, -0.2) is 44.8 Å². The average Bonchev–Trinajstić information content (AvgIpc) is 3.23. The maximum absolute atomic E-state index is 13.2. The van der Waals surface area contributed by atoms with E-state index in [1.54, 1.807) is 54.6 Å². The Hall–Kier alpha value is -3.69. The van der Waals surface area contributed by atoms with Gasteiger partial charge in [-0.25, -0.2) is 9.78 Å². The van der Waals surface area contributed by atoms with Gasteiger partial charge in [-0.3, -0.25) is 19.3 Å². The summed E-state index contributed by atoms with van der Waals surface area (Å²) in [4.78, 5) is 58.6. The minimum absolute atomic E-state index is 0.137. The number of anilines is 1. The molecule has 7 nitrogen and oxygen atoms in total. The number of rotatable bonds is 6. The van der Waals surface area contributed by atoms with Crippen molar-refractivity contribution in [3.05, 3.63) is 95.6 Å². The molecule has 9 heteroatoms. The molecule has 1 saturated heterocycles. The van der Waals surface area contributed by atoms with Crippen LogP contribution in [0.2, 0.25) is 0 Å². The summed E-state index contributed by atoms with van der Waals surface area (Å²) in [7, 11) is 0. The van der Waals surface area contributed by atoms with Gasteiger partial charge in [-0.1, -0.05) is 92.0 Å². The molecule has 2 amide bonds. The number of pyridine rings is 1. The van der Waals surface area contributed by atoms with Crippen LogP contribution in [0.4, 0.5) is 5.69 Å². The molecule has 0 bridgehead atoms. The number of benzene rings is 3. The molecular formula is C33H26Br2N2O5. The first-order valence-corrected chi connectivity index (χ1v) is 15.5. The number of aryl methyl sites for hydroxylation is 1. The summed E-state index contributed by atoms with van der Waals surface area (Å²) in [6.07, 6.45) is 1.21. The van der Waals surface area contributed by atoms with Crippen LogP contribution in [0.3, 0.4) is 0 Å².